The summed E-state index contributed by atoms with van der Waals surface area (Å²) >= 11 is 0. The van der Waals surface area contributed by atoms with Gasteiger partial charge in [0.05, 0.1) is 13.2 Å². The molecule has 0 fully saturated rings. The van der Waals surface area contributed by atoms with Crippen molar-refractivity contribution in [3.05, 3.63) is 52.1 Å². The molecule has 0 bridgehead atoms. The van der Waals surface area contributed by atoms with Gasteiger partial charge < -0.3 is 19.3 Å². The highest BCUT2D eigenvalue weighted by Crippen LogP contribution is 2.42. The van der Waals surface area contributed by atoms with Crippen molar-refractivity contribution in [3.8, 4) is 17.2 Å². The molecule has 1 aliphatic heterocycles. The number of aliphatic hydroxyl groups is 1. The highest BCUT2D eigenvalue weighted by molar-refractivity contribution is 5.96. The maximum atomic E-state index is 12.9. The molecular weight excluding hydrogens is 368 g/mol. The maximum absolute atomic E-state index is 12.9. The van der Waals surface area contributed by atoms with Gasteiger partial charge in [0.25, 0.3) is 0 Å². The number of benzene rings is 2. The van der Waals surface area contributed by atoms with Crippen LogP contribution in [0.5, 0.6) is 17.2 Å². The first kappa shape index (κ1) is 21.2. The molecular formula is C24H30O5. The van der Waals surface area contributed by atoms with E-state index in [0.29, 0.717) is 29.4 Å². The van der Waals surface area contributed by atoms with Crippen LogP contribution in [0.2, 0.25) is 0 Å². The van der Waals surface area contributed by atoms with Crippen molar-refractivity contribution in [2.24, 2.45) is 5.92 Å². The Bertz CT molecular complexity index is 901. The first-order valence-electron chi connectivity index (χ1n) is 10.2. The number of aliphatic hydroxyl groups excluding tert-OH is 1. The van der Waals surface area contributed by atoms with Crippen molar-refractivity contribution < 1.29 is 24.1 Å². The van der Waals surface area contributed by atoms with Crippen LogP contribution in [0.3, 0.4) is 0 Å². The lowest BCUT2D eigenvalue weighted by atomic mass is 9.96. The van der Waals surface area contributed by atoms with Crippen LogP contribution in [-0.2, 0) is 17.8 Å². The summed E-state index contributed by atoms with van der Waals surface area (Å²) < 4.78 is 17.4. The molecule has 0 aliphatic carbocycles. The van der Waals surface area contributed by atoms with E-state index in [9.17, 15) is 9.90 Å². The summed E-state index contributed by atoms with van der Waals surface area (Å²) in [6.07, 6.45) is 1.68. The maximum Gasteiger partial charge on any atom is 0.346 e. The van der Waals surface area contributed by atoms with E-state index in [-0.39, 0.29) is 12.2 Å². The Morgan fingerprint density at radius 3 is 2.66 bits per heavy atom. The number of hydrogen-bond acceptors (Lipinski definition) is 5. The van der Waals surface area contributed by atoms with Crippen LogP contribution >= 0.6 is 0 Å². The number of ether oxygens (including phenoxy) is 3. The summed E-state index contributed by atoms with van der Waals surface area (Å²) in [5.74, 6) is 1.22. The predicted molar refractivity (Wildman–Crippen MR) is 112 cm³/mol. The number of methoxy groups -OCH3 is 1. The van der Waals surface area contributed by atoms with E-state index in [0.717, 1.165) is 35.3 Å². The van der Waals surface area contributed by atoms with Crippen LogP contribution in [-0.4, -0.2) is 18.2 Å². The van der Waals surface area contributed by atoms with Gasteiger partial charge in [0.2, 0.25) is 0 Å². The van der Waals surface area contributed by atoms with E-state index in [1.165, 1.54) is 7.11 Å². The molecule has 1 unspecified atom stereocenters. The second-order valence-electron chi connectivity index (χ2n) is 8.05. The fourth-order valence-corrected chi connectivity index (χ4v) is 3.86. The second-order valence-corrected chi connectivity index (χ2v) is 8.05. The molecule has 2 aromatic rings. The van der Waals surface area contributed by atoms with Crippen molar-refractivity contribution in [1.29, 1.82) is 0 Å². The minimum Gasteiger partial charge on any atom is -0.495 e. The Labute approximate surface area is 172 Å². The first-order chi connectivity index (χ1) is 13.8. The van der Waals surface area contributed by atoms with Gasteiger partial charge in [-0.2, -0.15) is 0 Å². The Hall–Kier alpha value is -2.53. The molecule has 2 aromatic carbocycles. The predicted octanol–water partition coefficient (Wildman–Crippen LogP) is 5.50. The Balaban J connectivity index is 2.13. The van der Waals surface area contributed by atoms with Crippen molar-refractivity contribution in [2.45, 2.75) is 59.7 Å². The van der Waals surface area contributed by atoms with Gasteiger partial charge in [-0.05, 0) is 49.4 Å². The molecule has 0 saturated heterocycles. The fourth-order valence-electron chi connectivity index (χ4n) is 3.86. The molecule has 5 heteroatoms. The number of cyclic esters (lactones) is 1. The van der Waals surface area contributed by atoms with E-state index in [1.54, 1.807) is 12.1 Å². The zero-order chi connectivity index (χ0) is 21.1. The topological polar surface area (TPSA) is 65.0 Å². The zero-order valence-electron chi connectivity index (χ0n) is 17.9. The van der Waals surface area contributed by atoms with Gasteiger partial charge in [-0.1, -0.05) is 38.8 Å². The number of fused-ring (bicyclic) bond motifs is 2. The van der Waals surface area contributed by atoms with Crippen LogP contribution in [0, 0.1) is 12.8 Å². The summed E-state index contributed by atoms with van der Waals surface area (Å²) in [4.78, 5) is 12.9. The molecule has 156 valence electrons. The average molecular weight is 398 g/mol. The molecule has 0 amide bonds. The monoisotopic (exact) mass is 398 g/mol. The molecule has 5 nitrogen and oxygen atoms in total. The van der Waals surface area contributed by atoms with E-state index in [1.807, 2.05) is 26.8 Å². The van der Waals surface area contributed by atoms with Gasteiger partial charge in [-0.3, -0.25) is 0 Å². The molecule has 29 heavy (non-hydrogen) atoms. The number of carbonyl (C=O) groups excluding carboxylic acids is 1. The fraction of sp³-hybridized carbons (Fsp3) is 0.458. The summed E-state index contributed by atoms with van der Waals surface area (Å²) in [7, 11) is 1.49. The lowest BCUT2D eigenvalue weighted by Crippen LogP contribution is -2.15. The summed E-state index contributed by atoms with van der Waals surface area (Å²) in [5, 5.41) is 10.6. The van der Waals surface area contributed by atoms with Crippen LogP contribution in [0.25, 0.3) is 0 Å². The first-order valence-corrected chi connectivity index (χ1v) is 10.2. The number of aryl methyl sites for hydroxylation is 2. The summed E-state index contributed by atoms with van der Waals surface area (Å²) in [6, 6.07) is 7.60. The van der Waals surface area contributed by atoms with Gasteiger partial charge in [-0.25, -0.2) is 4.79 Å². The third-order valence-electron chi connectivity index (χ3n) is 5.09. The van der Waals surface area contributed by atoms with E-state index < -0.39 is 12.1 Å². The van der Waals surface area contributed by atoms with E-state index in [2.05, 4.69) is 13.0 Å². The Kier molecular flexibility index (Phi) is 6.48. The van der Waals surface area contributed by atoms with Crippen molar-refractivity contribution in [1.82, 2.24) is 0 Å². The van der Waals surface area contributed by atoms with Crippen LogP contribution in [0.1, 0.15) is 72.3 Å². The molecule has 0 saturated carbocycles. The largest absolute Gasteiger partial charge is 0.495 e. The number of carbonyl (C=O) groups is 1. The SMILES string of the molecule is CCCc1cc(C)cc2c1Oc1ccc(C(O)CC(C)C)c(OC)c1C(=O)OC2. The van der Waals surface area contributed by atoms with E-state index in [4.69, 9.17) is 14.2 Å². The minimum absolute atomic E-state index is 0.133. The molecule has 1 heterocycles. The third-order valence-corrected chi connectivity index (χ3v) is 5.09. The van der Waals surface area contributed by atoms with Crippen molar-refractivity contribution in [2.75, 3.05) is 7.11 Å². The Morgan fingerprint density at radius 1 is 1.24 bits per heavy atom. The van der Waals surface area contributed by atoms with Gasteiger partial charge in [-0.15, -0.1) is 0 Å². The molecule has 0 radical (unpaired) electrons. The van der Waals surface area contributed by atoms with Crippen LogP contribution in [0.4, 0.5) is 0 Å². The van der Waals surface area contributed by atoms with Gasteiger partial charge in [0.15, 0.2) is 0 Å². The van der Waals surface area contributed by atoms with Crippen molar-refractivity contribution in [3.63, 3.8) is 0 Å². The molecule has 0 spiro atoms. The average Bonchev–Trinajstić information content (AvgIpc) is 2.66. The molecule has 1 atom stereocenters. The highest BCUT2D eigenvalue weighted by atomic mass is 16.5. The molecule has 3 rings (SSSR count). The van der Waals surface area contributed by atoms with Crippen molar-refractivity contribution >= 4 is 5.97 Å². The summed E-state index contributed by atoms with van der Waals surface area (Å²) in [6.45, 7) is 8.36. The van der Waals surface area contributed by atoms with E-state index >= 15 is 0 Å². The van der Waals surface area contributed by atoms with Crippen LogP contribution in [0.15, 0.2) is 24.3 Å². The van der Waals surface area contributed by atoms with Crippen LogP contribution < -0.4 is 9.47 Å². The zero-order valence-corrected chi connectivity index (χ0v) is 17.9. The number of rotatable bonds is 6. The molecule has 0 aromatic heterocycles. The standard InChI is InChI=1S/C24H30O5/c1-6-7-16-11-15(4)12-17-13-28-24(26)21-20(29-22(16)17)9-8-18(23(21)27-5)19(25)10-14(2)3/h8-9,11-12,14,19,25H,6-7,10,13H2,1-5H3. The molecule has 1 aliphatic rings. The molecule has 1 N–H and O–H groups in total. The quantitative estimate of drug-likeness (QED) is 0.651. The number of hydrogen-bond donors (Lipinski definition) is 1. The lowest BCUT2D eigenvalue weighted by molar-refractivity contribution is 0.0454. The smallest absolute Gasteiger partial charge is 0.346 e. The summed E-state index contributed by atoms with van der Waals surface area (Å²) in [5.41, 5.74) is 3.85. The number of esters is 1. The Morgan fingerprint density at radius 2 is 2.00 bits per heavy atom. The lowest BCUT2D eigenvalue weighted by Gasteiger charge is -2.24. The second kappa shape index (κ2) is 8.87. The minimum atomic E-state index is -0.737. The normalized spacial score (nSPS) is 14.2. The highest BCUT2D eigenvalue weighted by Gasteiger charge is 2.29. The van der Waals surface area contributed by atoms with Gasteiger partial charge in [0.1, 0.15) is 29.4 Å². The van der Waals surface area contributed by atoms with Gasteiger partial charge >= 0.3 is 5.97 Å². The third kappa shape index (κ3) is 4.40. The van der Waals surface area contributed by atoms with Gasteiger partial charge in [0, 0.05) is 11.1 Å².